The van der Waals surface area contributed by atoms with E-state index in [9.17, 15) is 4.79 Å². The summed E-state index contributed by atoms with van der Waals surface area (Å²) in [6.07, 6.45) is 10.3. The van der Waals surface area contributed by atoms with Crippen molar-refractivity contribution in [3.63, 3.8) is 0 Å². The first-order valence-electron chi connectivity index (χ1n) is 8.49. The molecule has 0 aromatic carbocycles. The number of H-pyrrole nitrogens is 1. The van der Waals surface area contributed by atoms with E-state index in [1.165, 1.54) is 25.7 Å². The summed E-state index contributed by atoms with van der Waals surface area (Å²) in [5, 5.41) is 0. The van der Waals surface area contributed by atoms with Crippen LogP contribution in [0.1, 0.15) is 37.8 Å². The summed E-state index contributed by atoms with van der Waals surface area (Å²) in [5.41, 5.74) is 7.01. The predicted octanol–water partition coefficient (Wildman–Crippen LogP) is 0.756. The van der Waals surface area contributed by atoms with Gasteiger partial charge >= 0.3 is 0 Å². The predicted molar refractivity (Wildman–Crippen MR) is 85.3 cm³/mol. The molecule has 1 atom stereocenters. The number of carbonyl (C=O) groups is 1. The first kappa shape index (κ1) is 15.5. The van der Waals surface area contributed by atoms with Crippen molar-refractivity contribution in [3.05, 3.63) is 18.2 Å². The molecular weight excluding hydrogens is 278 g/mol. The minimum atomic E-state index is -0.474. The molecule has 2 fully saturated rings. The zero-order valence-corrected chi connectivity index (χ0v) is 13.2. The summed E-state index contributed by atoms with van der Waals surface area (Å²) in [6, 6.07) is 0.271. The Labute approximate surface area is 132 Å². The van der Waals surface area contributed by atoms with Gasteiger partial charge in [0, 0.05) is 50.5 Å². The number of carbonyl (C=O) groups excluding carboxylic acids is 1. The van der Waals surface area contributed by atoms with Crippen molar-refractivity contribution in [2.75, 3.05) is 26.2 Å². The van der Waals surface area contributed by atoms with Crippen LogP contribution in [0, 0.1) is 0 Å². The number of imidazole rings is 1. The molecule has 1 aliphatic carbocycles. The lowest BCUT2D eigenvalue weighted by molar-refractivity contribution is -0.132. The van der Waals surface area contributed by atoms with E-state index in [0.717, 1.165) is 44.3 Å². The smallest absolute Gasteiger partial charge is 0.239 e. The highest BCUT2D eigenvalue weighted by atomic mass is 16.2. The fourth-order valence-electron chi connectivity index (χ4n) is 3.75. The number of rotatable bonds is 4. The molecule has 3 N–H and O–H groups in total. The largest absolute Gasteiger partial charge is 0.348 e. The minimum Gasteiger partial charge on any atom is -0.348 e. The van der Waals surface area contributed by atoms with Crippen LogP contribution in [0.25, 0.3) is 0 Å². The van der Waals surface area contributed by atoms with E-state index in [1.807, 2.05) is 4.90 Å². The third kappa shape index (κ3) is 3.67. The van der Waals surface area contributed by atoms with Crippen LogP contribution in [0.4, 0.5) is 0 Å². The van der Waals surface area contributed by atoms with E-state index < -0.39 is 6.04 Å². The maximum Gasteiger partial charge on any atom is 0.239 e. The number of hydrogen-bond donors (Lipinski definition) is 2. The topological polar surface area (TPSA) is 78.2 Å². The Morgan fingerprint density at radius 2 is 2.09 bits per heavy atom. The molecule has 6 heteroatoms. The first-order chi connectivity index (χ1) is 10.7. The van der Waals surface area contributed by atoms with Gasteiger partial charge in [-0.15, -0.1) is 0 Å². The molecule has 2 aliphatic rings. The molecule has 0 radical (unpaired) electrons. The molecule has 22 heavy (non-hydrogen) atoms. The Morgan fingerprint density at radius 3 is 2.82 bits per heavy atom. The summed E-state index contributed by atoms with van der Waals surface area (Å²) >= 11 is 0. The average Bonchev–Trinajstić information content (AvgIpc) is 3.17. The van der Waals surface area contributed by atoms with Crippen LogP contribution in [-0.2, 0) is 11.2 Å². The van der Waals surface area contributed by atoms with Crippen LogP contribution in [0.15, 0.2) is 12.5 Å². The number of nitrogens with two attached hydrogens (primary N) is 1. The highest BCUT2D eigenvalue weighted by Crippen LogP contribution is 2.24. The average molecular weight is 305 g/mol. The van der Waals surface area contributed by atoms with Gasteiger partial charge in [0.15, 0.2) is 0 Å². The summed E-state index contributed by atoms with van der Waals surface area (Å²) in [7, 11) is 0. The third-order valence-electron chi connectivity index (χ3n) is 5.00. The quantitative estimate of drug-likeness (QED) is 0.861. The molecule has 0 bridgehead atoms. The van der Waals surface area contributed by atoms with Gasteiger partial charge < -0.3 is 15.6 Å². The first-order valence-corrected chi connectivity index (χ1v) is 8.49. The number of nitrogens with zero attached hydrogens (tertiary/aromatic N) is 3. The molecule has 2 heterocycles. The lowest BCUT2D eigenvalue weighted by Gasteiger charge is -2.27. The van der Waals surface area contributed by atoms with Gasteiger partial charge in [0.2, 0.25) is 5.91 Å². The number of hydrogen-bond acceptors (Lipinski definition) is 4. The molecule has 1 saturated carbocycles. The van der Waals surface area contributed by atoms with Crippen LogP contribution in [0.5, 0.6) is 0 Å². The van der Waals surface area contributed by atoms with Crippen LogP contribution >= 0.6 is 0 Å². The lowest BCUT2D eigenvalue weighted by Crippen LogP contribution is -2.46. The second kappa shape index (κ2) is 7.24. The number of amides is 1. The Balaban J connectivity index is 1.52. The monoisotopic (exact) mass is 305 g/mol. The maximum absolute atomic E-state index is 12.6. The van der Waals surface area contributed by atoms with Crippen LogP contribution < -0.4 is 5.73 Å². The van der Waals surface area contributed by atoms with Crippen molar-refractivity contribution >= 4 is 5.91 Å². The van der Waals surface area contributed by atoms with Gasteiger partial charge in [-0.3, -0.25) is 9.69 Å². The fourth-order valence-corrected chi connectivity index (χ4v) is 3.75. The molecular formula is C16H27N5O. The van der Waals surface area contributed by atoms with Crippen LogP contribution in [0.2, 0.25) is 0 Å². The van der Waals surface area contributed by atoms with E-state index in [0.29, 0.717) is 6.42 Å². The second-order valence-corrected chi connectivity index (χ2v) is 6.54. The second-order valence-electron chi connectivity index (χ2n) is 6.54. The van der Waals surface area contributed by atoms with Crippen LogP contribution in [-0.4, -0.2) is 63.9 Å². The SMILES string of the molecule is N[C@@H](Cc1cnc[nH]1)C(=O)N1CCCN(C2CCCC2)CC1. The van der Waals surface area contributed by atoms with Gasteiger partial charge in [0.1, 0.15) is 0 Å². The van der Waals surface area contributed by atoms with Crippen molar-refractivity contribution < 1.29 is 4.79 Å². The van der Waals surface area contributed by atoms with Gasteiger partial charge in [-0.2, -0.15) is 0 Å². The molecule has 6 nitrogen and oxygen atoms in total. The maximum atomic E-state index is 12.6. The van der Waals surface area contributed by atoms with Crippen molar-refractivity contribution in [2.45, 2.75) is 50.6 Å². The highest BCUT2D eigenvalue weighted by Gasteiger charge is 2.28. The van der Waals surface area contributed by atoms with Gasteiger partial charge in [-0.1, -0.05) is 12.8 Å². The summed E-state index contributed by atoms with van der Waals surface area (Å²) < 4.78 is 0. The van der Waals surface area contributed by atoms with E-state index in [-0.39, 0.29) is 5.91 Å². The van der Waals surface area contributed by atoms with E-state index in [2.05, 4.69) is 14.9 Å². The summed E-state index contributed by atoms with van der Waals surface area (Å²) in [5.74, 6) is 0.0721. The lowest BCUT2D eigenvalue weighted by atomic mass is 10.1. The zero-order valence-electron chi connectivity index (χ0n) is 13.2. The van der Waals surface area contributed by atoms with Gasteiger partial charge in [-0.25, -0.2) is 4.98 Å². The van der Waals surface area contributed by atoms with E-state index in [4.69, 9.17) is 5.73 Å². The normalized spacial score (nSPS) is 22.7. The molecule has 3 rings (SSSR count). The summed E-state index contributed by atoms with van der Waals surface area (Å²) in [4.78, 5) is 24.1. The summed E-state index contributed by atoms with van der Waals surface area (Å²) in [6.45, 7) is 3.75. The Kier molecular flexibility index (Phi) is 5.10. The van der Waals surface area contributed by atoms with Gasteiger partial charge in [0.05, 0.1) is 12.4 Å². The van der Waals surface area contributed by atoms with Gasteiger partial charge in [-0.05, 0) is 19.3 Å². The number of aromatic nitrogens is 2. The molecule has 1 aromatic heterocycles. The molecule has 1 aromatic rings. The van der Waals surface area contributed by atoms with Crippen molar-refractivity contribution in [1.29, 1.82) is 0 Å². The number of aromatic amines is 1. The molecule has 122 valence electrons. The van der Waals surface area contributed by atoms with E-state index >= 15 is 0 Å². The highest BCUT2D eigenvalue weighted by molar-refractivity contribution is 5.82. The fraction of sp³-hybridized carbons (Fsp3) is 0.750. The van der Waals surface area contributed by atoms with Gasteiger partial charge in [0.25, 0.3) is 0 Å². The number of nitrogens with one attached hydrogen (secondary N) is 1. The molecule has 0 spiro atoms. The van der Waals surface area contributed by atoms with E-state index in [1.54, 1.807) is 12.5 Å². The zero-order chi connectivity index (χ0) is 15.4. The molecule has 1 saturated heterocycles. The Morgan fingerprint density at radius 1 is 1.27 bits per heavy atom. The van der Waals surface area contributed by atoms with Crippen LogP contribution in [0.3, 0.4) is 0 Å². The third-order valence-corrected chi connectivity index (χ3v) is 5.00. The van der Waals surface area contributed by atoms with Crippen molar-refractivity contribution in [3.8, 4) is 0 Å². The molecule has 1 aliphatic heterocycles. The molecule has 0 unspecified atom stereocenters. The Hall–Kier alpha value is -1.40. The Bertz CT molecular complexity index is 469. The van der Waals surface area contributed by atoms with Crippen molar-refractivity contribution in [2.24, 2.45) is 5.73 Å². The molecule has 1 amide bonds. The minimum absolute atomic E-state index is 0.0721. The van der Waals surface area contributed by atoms with Crippen molar-refractivity contribution in [1.82, 2.24) is 19.8 Å². The standard InChI is InChI=1S/C16H27N5O/c17-15(10-13-11-18-12-19-13)16(22)21-7-3-6-20(8-9-21)14-4-1-2-5-14/h11-12,14-15H,1-10,17H2,(H,18,19)/t15-/m0/s1.